The van der Waals surface area contributed by atoms with Gasteiger partial charge in [0.05, 0.1) is 5.69 Å². The molecule has 116 valence electrons. The third kappa shape index (κ3) is 5.13. The normalized spacial score (nSPS) is 10.3. The molecule has 0 fully saturated rings. The predicted molar refractivity (Wildman–Crippen MR) is 83.6 cm³/mol. The van der Waals surface area contributed by atoms with Crippen molar-refractivity contribution < 1.29 is 18.7 Å². The Morgan fingerprint density at radius 3 is 2.82 bits per heavy atom. The van der Waals surface area contributed by atoms with Crippen molar-refractivity contribution in [3.8, 4) is 0 Å². The molecule has 0 atom stereocenters. The van der Waals surface area contributed by atoms with E-state index >= 15 is 0 Å². The summed E-state index contributed by atoms with van der Waals surface area (Å²) in [6.07, 6.45) is 0.759. The number of amides is 1. The van der Waals surface area contributed by atoms with Crippen LogP contribution in [0.4, 0.5) is 10.1 Å². The number of hydrogen-bond donors (Lipinski definition) is 1. The summed E-state index contributed by atoms with van der Waals surface area (Å²) in [5, 5.41) is 6.42. The van der Waals surface area contributed by atoms with Gasteiger partial charge in [-0.3, -0.25) is 9.59 Å². The number of rotatable bonds is 6. The third-order valence-electron chi connectivity index (χ3n) is 2.77. The molecule has 0 saturated heterocycles. The minimum atomic E-state index is -0.648. The van der Waals surface area contributed by atoms with Crippen LogP contribution in [0.1, 0.15) is 12.0 Å². The summed E-state index contributed by atoms with van der Waals surface area (Å²) in [6, 6.07) is 5.80. The Labute approximate surface area is 135 Å². The van der Waals surface area contributed by atoms with E-state index in [4.69, 9.17) is 16.3 Å². The van der Waals surface area contributed by atoms with E-state index in [1.165, 1.54) is 12.1 Å². The summed E-state index contributed by atoms with van der Waals surface area (Å²) in [7, 11) is 0. The van der Waals surface area contributed by atoms with Gasteiger partial charge in [0.25, 0.3) is 5.91 Å². The average molecular weight is 342 g/mol. The number of ether oxygens (including phenoxy) is 1. The van der Waals surface area contributed by atoms with E-state index in [1.54, 1.807) is 11.3 Å². The van der Waals surface area contributed by atoms with Crippen molar-refractivity contribution in [2.45, 2.75) is 12.8 Å². The van der Waals surface area contributed by atoms with Gasteiger partial charge in [-0.1, -0.05) is 11.6 Å². The van der Waals surface area contributed by atoms with Crippen molar-refractivity contribution in [1.82, 2.24) is 0 Å². The Hall–Kier alpha value is -1.92. The molecule has 2 aromatic rings. The fourth-order valence-electron chi connectivity index (χ4n) is 1.68. The first-order chi connectivity index (χ1) is 10.5. The molecule has 1 N–H and O–H groups in total. The number of carbonyl (C=O) groups excluding carboxylic acids is 2. The van der Waals surface area contributed by atoms with Crippen LogP contribution in [0.3, 0.4) is 0 Å². The molecular weight excluding hydrogens is 329 g/mol. The smallest absolute Gasteiger partial charge is 0.306 e. The number of carbonyl (C=O) groups is 2. The molecule has 0 spiro atoms. The summed E-state index contributed by atoms with van der Waals surface area (Å²) in [6.45, 7) is -0.454. The van der Waals surface area contributed by atoms with Crippen molar-refractivity contribution in [3.05, 3.63) is 51.4 Å². The number of halogens is 2. The number of hydrogen-bond acceptors (Lipinski definition) is 4. The topological polar surface area (TPSA) is 55.4 Å². The minimum Gasteiger partial charge on any atom is -0.456 e. The molecule has 0 bridgehead atoms. The molecular formula is C15H13ClFNO3S. The Morgan fingerprint density at radius 1 is 1.32 bits per heavy atom. The van der Waals surface area contributed by atoms with Gasteiger partial charge in [-0.2, -0.15) is 11.3 Å². The van der Waals surface area contributed by atoms with Gasteiger partial charge >= 0.3 is 5.97 Å². The maximum atomic E-state index is 13.5. The van der Waals surface area contributed by atoms with Crippen LogP contribution in [0, 0.1) is 5.82 Å². The summed E-state index contributed by atoms with van der Waals surface area (Å²) in [5.74, 6) is -1.73. The first kappa shape index (κ1) is 16.5. The fourth-order valence-corrected chi connectivity index (χ4v) is 2.54. The first-order valence-corrected chi connectivity index (χ1v) is 7.78. The van der Waals surface area contributed by atoms with E-state index in [0.29, 0.717) is 6.42 Å². The average Bonchev–Trinajstić information content (AvgIpc) is 2.99. The Balaban J connectivity index is 1.74. The van der Waals surface area contributed by atoms with Crippen LogP contribution >= 0.6 is 22.9 Å². The number of aryl methyl sites for hydroxylation is 1. The zero-order chi connectivity index (χ0) is 15.9. The van der Waals surface area contributed by atoms with Crippen molar-refractivity contribution in [2.75, 3.05) is 11.9 Å². The van der Waals surface area contributed by atoms with E-state index in [0.717, 1.165) is 11.6 Å². The van der Waals surface area contributed by atoms with E-state index in [1.807, 2.05) is 16.8 Å². The van der Waals surface area contributed by atoms with Gasteiger partial charge in [-0.15, -0.1) is 0 Å². The van der Waals surface area contributed by atoms with Crippen LogP contribution in [-0.4, -0.2) is 18.5 Å². The summed E-state index contributed by atoms with van der Waals surface area (Å²) in [5.41, 5.74) is 1.04. The lowest BCUT2D eigenvalue weighted by molar-refractivity contribution is -0.147. The quantitative estimate of drug-likeness (QED) is 0.816. The van der Waals surface area contributed by atoms with Gasteiger partial charge in [-0.25, -0.2) is 4.39 Å². The Bertz CT molecular complexity index is 661. The summed E-state index contributed by atoms with van der Waals surface area (Å²) in [4.78, 5) is 23.1. The monoisotopic (exact) mass is 341 g/mol. The number of anilines is 1. The van der Waals surface area contributed by atoms with Crippen LogP contribution in [-0.2, 0) is 20.7 Å². The maximum Gasteiger partial charge on any atom is 0.306 e. The second kappa shape index (κ2) is 7.91. The zero-order valence-corrected chi connectivity index (χ0v) is 13.0. The summed E-state index contributed by atoms with van der Waals surface area (Å²) < 4.78 is 18.3. The lowest BCUT2D eigenvalue weighted by Gasteiger charge is -2.07. The number of nitrogens with one attached hydrogen (secondary N) is 1. The van der Waals surface area contributed by atoms with Crippen molar-refractivity contribution in [3.63, 3.8) is 0 Å². The minimum absolute atomic E-state index is 0.0104. The molecule has 7 heteroatoms. The van der Waals surface area contributed by atoms with E-state index in [-0.39, 0.29) is 17.1 Å². The molecule has 1 amide bonds. The molecule has 2 rings (SSSR count). The van der Waals surface area contributed by atoms with Crippen LogP contribution < -0.4 is 5.32 Å². The van der Waals surface area contributed by atoms with Gasteiger partial charge in [0.1, 0.15) is 5.82 Å². The molecule has 0 unspecified atom stereocenters. The van der Waals surface area contributed by atoms with Gasteiger partial charge in [0, 0.05) is 11.4 Å². The highest BCUT2D eigenvalue weighted by Crippen LogP contribution is 2.18. The molecule has 0 aliphatic carbocycles. The second-order valence-corrected chi connectivity index (χ2v) is 5.68. The Kier molecular flexibility index (Phi) is 5.91. The van der Waals surface area contributed by atoms with E-state index < -0.39 is 24.3 Å². The molecule has 0 aliphatic heterocycles. The second-order valence-electron chi connectivity index (χ2n) is 4.46. The zero-order valence-electron chi connectivity index (χ0n) is 11.5. The van der Waals surface area contributed by atoms with Gasteiger partial charge in [0.15, 0.2) is 6.61 Å². The SMILES string of the molecule is O=C(COC(=O)CCc1ccsc1)Nc1ccc(Cl)cc1F. The molecule has 1 heterocycles. The highest BCUT2D eigenvalue weighted by Gasteiger charge is 2.10. The third-order valence-corrected chi connectivity index (χ3v) is 3.73. The van der Waals surface area contributed by atoms with E-state index in [2.05, 4.69) is 5.32 Å². The van der Waals surface area contributed by atoms with Crippen LogP contribution in [0.25, 0.3) is 0 Å². The number of benzene rings is 1. The molecule has 1 aromatic heterocycles. The van der Waals surface area contributed by atoms with Crippen LogP contribution in [0.15, 0.2) is 35.0 Å². The van der Waals surface area contributed by atoms with Crippen LogP contribution in [0.5, 0.6) is 0 Å². The molecule has 0 radical (unpaired) electrons. The van der Waals surface area contributed by atoms with Crippen molar-refractivity contribution in [2.24, 2.45) is 0 Å². The number of thiophene rings is 1. The van der Waals surface area contributed by atoms with Gasteiger partial charge < -0.3 is 10.1 Å². The lowest BCUT2D eigenvalue weighted by atomic mass is 10.2. The Morgan fingerprint density at radius 2 is 2.14 bits per heavy atom. The molecule has 22 heavy (non-hydrogen) atoms. The molecule has 1 aromatic carbocycles. The highest BCUT2D eigenvalue weighted by molar-refractivity contribution is 7.07. The first-order valence-electron chi connectivity index (χ1n) is 6.46. The van der Waals surface area contributed by atoms with Crippen molar-refractivity contribution in [1.29, 1.82) is 0 Å². The van der Waals surface area contributed by atoms with E-state index in [9.17, 15) is 14.0 Å². The predicted octanol–water partition coefficient (Wildman–Crippen LogP) is 3.66. The molecule has 0 aliphatic rings. The maximum absolute atomic E-state index is 13.5. The highest BCUT2D eigenvalue weighted by atomic mass is 35.5. The standard InChI is InChI=1S/C15H13ClFNO3S/c16-11-2-3-13(12(17)7-11)18-14(19)8-21-15(20)4-1-10-5-6-22-9-10/h2-3,5-7,9H,1,4,8H2,(H,18,19). The molecule has 4 nitrogen and oxygen atoms in total. The van der Waals surface area contributed by atoms with Crippen LogP contribution in [0.2, 0.25) is 5.02 Å². The number of esters is 1. The largest absolute Gasteiger partial charge is 0.456 e. The van der Waals surface area contributed by atoms with Gasteiger partial charge in [0.2, 0.25) is 0 Å². The summed E-state index contributed by atoms with van der Waals surface area (Å²) >= 11 is 7.16. The lowest BCUT2D eigenvalue weighted by Crippen LogP contribution is -2.21. The van der Waals surface area contributed by atoms with Crippen molar-refractivity contribution >= 4 is 40.5 Å². The fraction of sp³-hybridized carbons (Fsp3) is 0.200. The van der Waals surface area contributed by atoms with Gasteiger partial charge in [-0.05, 0) is 47.0 Å². The molecule has 0 saturated carbocycles.